The van der Waals surface area contributed by atoms with Gasteiger partial charge in [-0.05, 0) is 25.3 Å². The lowest BCUT2D eigenvalue weighted by molar-refractivity contribution is -0.121. The minimum Gasteiger partial charge on any atom is -0.354 e. The number of hydrogen-bond acceptors (Lipinski definition) is 2. The van der Waals surface area contributed by atoms with Crippen LogP contribution >= 0.6 is 0 Å². The molecule has 19 heavy (non-hydrogen) atoms. The highest BCUT2D eigenvalue weighted by Crippen LogP contribution is 2.20. The van der Waals surface area contributed by atoms with Crippen LogP contribution in [0.4, 0.5) is 0 Å². The summed E-state index contributed by atoms with van der Waals surface area (Å²) in [5, 5.41) is 6.39. The van der Waals surface area contributed by atoms with Gasteiger partial charge in [-0.15, -0.1) is 0 Å². The van der Waals surface area contributed by atoms with Crippen molar-refractivity contribution in [3.63, 3.8) is 0 Å². The maximum Gasteiger partial charge on any atom is 0.221 e. The van der Waals surface area contributed by atoms with Gasteiger partial charge in [-0.2, -0.15) is 0 Å². The SMILES string of the molecule is CC(C)NC(=O)CCNC(c1ccccc1)C(C)C. The Kier molecular flexibility index (Phi) is 6.57. The molecule has 1 aromatic carbocycles. The minimum atomic E-state index is 0.109. The van der Waals surface area contributed by atoms with E-state index in [1.165, 1.54) is 5.56 Å². The predicted octanol–water partition coefficient (Wildman–Crippen LogP) is 2.89. The molecule has 2 N–H and O–H groups in total. The van der Waals surface area contributed by atoms with Crippen LogP contribution in [0.3, 0.4) is 0 Å². The van der Waals surface area contributed by atoms with Crippen molar-refractivity contribution >= 4 is 5.91 Å². The van der Waals surface area contributed by atoms with Gasteiger partial charge in [0.1, 0.15) is 0 Å². The predicted molar refractivity (Wildman–Crippen MR) is 79.9 cm³/mol. The topological polar surface area (TPSA) is 41.1 Å². The van der Waals surface area contributed by atoms with E-state index in [0.717, 1.165) is 0 Å². The molecule has 0 radical (unpaired) electrons. The monoisotopic (exact) mass is 262 g/mol. The van der Waals surface area contributed by atoms with E-state index in [2.05, 4.69) is 48.7 Å². The zero-order valence-corrected chi connectivity index (χ0v) is 12.4. The Morgan fingerprint density at radius 3 is 2.26 bits per heavy atom. The minimum absolute atomic E-state index is 0.109. The molecule has 0 bridgehead atoms. The van der Waals surface area contributed by atoms with Gasteiger partial charge in [0.05, 0.1) is 0 Å². The third-order valence-corrected chi connectivity index (χ3v) is 2.99. The number of carbonyl (C=O) groups excluding carboxylic acids is 1. The van der Waals surface area contributed by atoms with Crippen molar-refractivity contribution in [3.8, 4) is 0 Å². The highest BCUT2D eigenvalue weighted by molar-refractivity contribution is 5.76. The van der Waals surface area contributed by atoms with Crippen molar-refractivity contribution in [2.24, 2.45) is 5.92 Å². The molecule has 0 saturated heterocycles. The molecule has 0 aliphatic heterocycles. The molecule has 106 valence electrons. The molecule has 1 aromatic rings. The smallest absolute Gasteiger partial charge is 0.221 e. The average molecular weight is 262 g/mol. The van der Waals surface area contributed by atoms with E-state index in [1.54, 1.807) is 0 Å². The van der Waals surface area contributed by atoms with Gasteiger partial charge in [-0.25, -0.2) is 0 Å². The summed E-state index contributed by atoms with van der Waals surface area (Å²) < 4.78 is 0. The first-order valence-corrected chi connectivity index (χ1v) is 7.08. The van der Waals surface area contributed by atoms with Crippen molar-refractivity contribution in [2.45, 2.75) is 46.2 Å². The molecule has 0 spiro atoms. The van der Waals surface area contributed by atoms with E-state index in [4.69, 9.17) is 0 Å². The quantitative estimate of drug-likeness (QED) is 0.793. The first-order valence-electron chi connectivity index (χ1n) is 7.08. The molecule has 1 unspecified atom stereocenters. The Hall–Kier alpha value is -1.35. The summed E-state index contributed by atoms with van der Waals surface area (Å²) in [5.41, 5.74) is 1.28. The van der Waals surface area contributed by atoms with Crippen molar-refractivity contribution in [2.75, 3.05) is 6.54 Å². The first kappa shape index (κ1) is 15.7. The molecule has 0 aliphatic rings. The molecular formula is C16H26N2O. The van der Waals surface area contributed by atoms with Gasteiger partial charge in [0.2, 0.25) is 5.91 Å². The van der Waals surface area contributed by atoms with E-state index in [0.29, 0.717) is 24.9 Å². The first-order chi connectivity index (χ1) is 9.00. The Labute approximate surface area is 116 Å². The molecular weight excluding hydrogens is 236 g/mol. The van der Waals surface area contributed by atoms with E-state index in [-0.39, 0.29) is 11.9 Å². The Bertz CT molecular complexity index is 374. The Morgan fingerprint density at radius 1 is 1.11 bits per heavy atom. The second kappa shape index (κ2) is 7.95. The van der Waals surface area contributed by atoms with Gasteiger partial charge < -0.3 is 10.6 Å². The maximum absolute atomic E-state index is 11.6. The van der Waals surface area contributed by atoms with Crippen LogP contribution in [-0.2, 0) is 4.79 Å². The van der Waals surface area contributed by atoms with Crippen LogP contribution in [0.1, 0.15) is 45.7 Å². The fourth-order valence-electron chi connectivity index (χ4n) is 2.13. The van der Waals surface area contributed by atoms with Crippen LogP contribution in [0.15, 0.2) is 30.3 Å². The van der Waals surface area contributed by atoms with Crippen LogP contribution in [-0.4, -0.2) is 18.5 Å². The third-order valence-electron chi connectivity index (χ3n) is 2.99. The van der Waals surface area contributed by atoms with Gasteiger partial charge in [-0.3, -0.25) is 4.79 Å². The highest BCUT2D eigenvalue weighted by Gasteiger charge is 2.15. The fourth-order valence-corrected chi connectivity index (χ4v) is 2.13. The lowest BCUT2D eigenvalue weighted by Gasteiger charge is -2.23. The number of rotatable bonds is 7. The van der Waals surface area contributed by atoms with Crippen molar-refractivity contribution in [1.82, 2.24) is 10.6 Å². The molecule has 0 fully saturated rings. The van der Waals surface area contributed by atoms with Crippen LogP contribution in [0.25, 0.3) is 0 Å². The molecule has 1 atom stereocenters. The lowest BCUT2D eigenvalue weighted by Crippen LogP contribution is -2.34. The number of benzene rings is 1. The molecule has 0 aromatic heterocycles. The summed E-state index contributed by atoms with van der Waals surface area (Å²) in [6.07, 6.45) is 0.522. The van der Waals surface area contributed by atoms with Crippen LogP contribution < -0.4 is 10.6 Å². The fraction of sp³-hybridized carbons (Fsp3) is 0.562. The van der Waals surface area contributed by atoms with Crippen molar-refractivity contribution < 1.29 is 4.79 Å². The summed E-state index contributed by atoms with van der Waals surface area (Å²) in [6, 6.07) is 10.9. The van der Waals surface area contributed by atoms with Crippen LogP contribution in [0, 0.1) is 5.92 Å². The van der Waals surface area contributed by atoms with Gasteiger partial charge in [0.25, 0.3) is 0 Å². The number of nitrogens with one attached hydrogen (secondary N) is 2. The molecule has 1 amide bonds. The van der Waals surface area contributed by atoms with Gasteiger partial charge in [0.15, 0.2) is 0 Å². The number of carbonyl (C=O) groups is 1. The third kappa shape index (κ3) is 5.88. The molecule has 3 heteroatoms. The van der Waals surface area contributed by atoms with Gasteiger partial charge in [-0.1, -0.05) is 44.2 Å². The molecule has 1 rings (SSSR count). The van der Waals surface area contributed by atoms with E-state index < -0.39 is 0 Å². The highest BCUT2D eigenvalue weighted by atomic mass is 16.1. The Balaban J connectivity index is 2.46. The molecule has 3 nitrogen and oxygen atoms in total. The Morgan fingerprint density at radius 2 is 1.74 bits per heavy atom. The summed E-state index contributed by atoms with van der Waals surface area (Å²) in [7, 11) is 0. The summed E-state index contributed by atoms with van der Waals surface area (Å²) in [4.78, 5) is 11.6. The van der Waals surface area contributed by atoms with E-state index in [9.17, 15) is 4.79 Å². The second-order valence-corrected chi connectivity index (χ2v) is 5.56. The molecule has 0 heterocycles. The second-order valence-electron chi connectivity index (χ2n) is 5.56. The van der Waals surface area contributed by atoms with Crippen molar-refractivity contribution in [3.05, 3.63) is 35.9 Å². The normalized spacial score (nSPS) is 12.7. The zero-order chi connectivity index (χ0) is 14.3. The van der Waals surface area contributed by atoms with Gasteiger partial charge >= 0.3 is 0 Å². The van der Waals surface area contributed by atoms with Crippen LogP contribution in [0.2, 0.25) is 0 Å². The van der Waals surface area contributed by atoms with E-state index in [1.807, 2.05) is 19.9 Å². The summed E-state index contributed by atoms with van der Waals surface area (Å²) >= 11 is 0. The molecule has 0 saturated carbocycles. The maximum atomic E-state index is 11.6. The lowest BCUT2D eigenvalue weighted by atomic mass is 9.96. The molecule has 0 aliphatic carbocycles. The standard InChI is InChI=1S/C16H26N2O/c1-12(2)16(14-8-6-5-7-9-14)17-11-10-15(19)18-13(3)4/h5-9,12-13,16-17H,10-11H2,1-4H3,(H,18,19). The van der Waals surface area contributed by atoms with Gasteiger partial charge in [0, 0.05) is 25.0 Å². The largest absolute Gasteiger partial charge is 0.354 e. The summed E-state index contributed by atoms with van der Waals surface area (Å²) in [5.74, 6) is 0.605. The van der Waals surface area contributed by atoms with Crippen LogP contribution in [0.5, 0.6) is 0 Å². The zero-order valence-electron chi connectivity index (χ0n) is 12.4. The number of amides is 1. The van der Waals surface area contributed by atoms with E-state index >= 15 is 0 Å². The van der Waals surface area contributed by atoms with Crippen molar-refractivity contribution in [1.29, 1.82) is 0 Å². The number of hydrogen-bond donors (Lipinski definition) is 2. The summed E-state index contributed by atoms with van der Waals surface area (Å²) in [6.45, 7) is 9.05. The average Bonchev–Trinajstić information content (AvgIpc) is 2.34.